The molecule has 0 radical (unpaired) electrons. The van der Waals surface area contributed by atoms with Crippen LogP contribution in [0.5, 0.6) is 5.75 Å². The number of fused-ring (bicyclic) bond motifs is 2. The lowest BCUT2D eigenvalue weighted by Crippen LogP contribution is -2.57. The molecule has 1 spiro atoms. The maximum Gasteiger partial charge on any atom is 0.161 e. The van der Waals surface area contributed by atoms with E-state index < -0.39 is 0 Å². The van der Waals surface area contributed by atoms with Gasteiger partial charge in [-0.15, -0.1) is 0 Å². The van der Waals surface area contributed by atoms with E-state index >= 15 is 0 Å². The molecule has 0 amide bonds. The Morgan fingerprint density at radius 2 is 2.06 bits per heavy atom. The number of anilines is 1. The molecule has 7 nitrogen and oxygen atoms in total. The number of piperazine rings is 1. The van der Waals surface area contributed by atoms with E-state index in [0.717, 1.165) is 35.1 Å². The Labute approximate surface area is 184 Å². The van der Waals surface area contributed by atoms with Crippen LogP contribution in [-0.4, -0.2) is 49.5 Å². The quantitative estimate of drug-likeness (QED) is 0.498. The molecule has 158 valence electrons. The van der Waals surface area contributed by atoms with Crippen molar-refractivity contribution in [2.45, 2.75) is 31.3 Å². The highest BCUT2D eigenvalue weighted by Gasteiger charge is 2.47. The topological polar surface area (TPSA) is 79.1 Å². The molecule has 1 aliphatic heterocycles. The molecule has 2 fully saturated rings. The summed E-state index contributed by atoms with van der Waals surface area (Å²) >= 11 is 6.69. The van der Waals surface area contributed by atoms with Crippen LogP contribution in [0.1, 0.15) is 19.8 Å². The zero-order chi connectivity index (χ0) is 21.3. The number of phenols is 1. The number of benzene rings is 1. The molecular formula is C23H23ClN6O. The predicted octanol–water partition coefficient (Wildman–Crippen LogP) is 3.87. The van der Waals surface area contributed by atoms with Crippen LogP contribution in [0.4, 0.5) is 5.69 Å². The van der Waals surface area contributed by atoms with Crippen LogP contribution in [-0.2, 0) is 7.05 Å². The molecule has 2 N–H and O–H groups in total. The van der Waals surface area contributed by atoms with E-state index in [4.69, 9.17) is 16.6 Å². The highest BCUT2D eigenvalue weighted by atomic mass is 35.5. The summed E-state index contributed by atoms with van der Waals surface area (Å²) in [5.41, 5.74) is 3.85. The van der Waals surface area contributed by atoms with E-state index in [0.29, 0.717) is 28.0 Å². The molecule has 6 rings (SSSR count). The monoisotopic (exact) mass is 434 g/mol. The average Bonchev–Trinajstić information content (AvgIpc) is 3.35. The smallest absolute Gasteiger partial charge is 0.161 e. The van der Waals surface area contributed by atoms with E-state index in [2.05, 4.69) is 33.3 Å². The van der Waals surface area contributed by atoms with Crippen molar-refractivity contribution in [1.29, 1.82) is 0 Å². The van der Waals surface area contributed by atoms with Crippen LogP contribution < -0.4 is 10.2 Å². The summed E-state index contributed by atoms with van der Waals surface area (Å²) in [6.45, 7) is 4.16. The second-order valence-corrected chi connectivity index (χ2v) is 9.40. The fraction of sp³-hybridized carbons (Fsp3) is 0.348. The van der Waals surface area contributed by atoms with Crippen LogP contribution in [0.25, 0.3) is 33.2 Å². The minimum atomic E-state index is 0.121. The molecule has 0 bridgehead atoms. The fourth-order valence-electron chi connectivity index (χ4n) is 4.78. The number of pyridine rings is 2. The van der Waals surface area contributed by atoms with Crippen LogP contribution >= 0.6 is 11.6 Å². The third-order valence-corrected chi connectivity index (χ3v) is 6.68. The lowest BCUT2D eigenvalue weighted by Gasteiger charge is -2.39. The van der Waals surface area contributed by atoms with Gasteiger partial charge in [0, 0.05) is 60.3 Å². The molecular weight excluding hydrogens is 412 g/mol. The predicted molar refractivity (Wildman–Crippen MR) is 123 cm³/mol. The van der Waals surface area contributed by atoms with E-state index in [1.165, 1.54) is 12.8 Å². The summed E-state index contributed by atoms with van der Waals surface area (Å²) in [6, 6.07) is 7.86. The Balaban J connectivity index is 1.41. The first-order valence-corrected chi connectivity index (χ1v) is 10.9. The average molecular weight is 435 g/mol. The first kappa shape index (κ1) is 18.8. The largest absolute Gasteiger partial charge is 0.507 e. The molecule has 1 aromatic carbocycles. The minimum absolute atomic E-state index is 0.121. The van der Waals surface area contributed by atoms with Crippen molar-refractivity contribution < 1.29 is 5.11 Å². The van der Waals surface area contributed by atoms with Crippen LogP contribution in [0.3, 0.4) is 0 Å². The maximum absolute atomic E-state index is 10.6. The first-order chi connectivity index (χ1) is 14.9. The number of phenolic OH excluding ortho intramolecular Hbond substituents is 1. The van der Waals surface area contributed by atoms with E-state index in [1.807, 2.05) is 25.5 Å². The number of aromatic nitrogens is 4. The van der Waals surface area contributed by atoms with Gasteiger partial charge in [-0.05, 0) is 38.0 Å². The van der Waals surface area contributed by atoms with Crippen LogP contribution in [0.2, 0.25) is 5.02 Å². The second kappa shape index (κ2) is 6.55. The number of nitrogens with zero attached hydrogens (tertiary/aromatic N) is 5. The molecule has 0 unspecified atom stereocenters. The maximum atomic E-state index is 10.6. The SMILES string of the molecule is C[C@H]1CN(c2cnc3nc(-c4cc5cn(C)nc5cc4O)cc(Cl)c3c2)CC2(CC2)N1. The van der Waals surface area contributed by atoms with Gasteiger partial charge in [-0.25, -0.2) is 9.97 Å². The number of hydrogen-bond acceptors (Lipinski definition) is 6. The summed E-state index contributed by atoms with van der Waals surface area (Å²) in [4.78, 5) is 11.7. The van der Waals surface area contributed by atoms with Crippen molar-refractivity contribution in [1.82, 2.24) is 25.1 Å². The van der Waals surface area contributed by atoms with Gasteiger partial charge in [-0.3, -0.25) is 4.68 Å². The van der Waals surface area contributed by atoms with Crippen LogP contribution in [0, 0.1) is 0 Å². The fourth-order valence-corrected chi connectivity index (χ4v) is 5.02. The van der Waals surface area contributed by atoms with Crippen molar-refractivity contribution in [3.63, 3.8) is 0 Å². The number of rotatable bonds is 2. The lowest BCUT2D eigenvalue weighted by atomic mass is 10.1. The van der Waals surface area contributed by atoms with Crippen molar-refractivity contribution in [3.05, 3.63) is 41.7 Å². The molecule has 4 aromatic rings. The Kier molecular flexibility index (Phi) is 3.98. The van der Waals surface area contributed by atoms with Crippen molar-refractivity contribution >= 4 is 39.2 Å². The van der Waals surface area contributed by atoms with Gasteiger partial charge in [0.25, 0.3) is 0 Å². The van der Waals surface area contributed by atoms with E-state index in [-0.39, 0.29) is 11.3 Å². The second-order valence-electron chi connectivity index (χ2n) is 8.99. The molecule has 1 aliphatic carbocycles. The van der Waals surface area contributed by atoms with Gasteiger partial charge in [-0.1, -0.05) is 11.6 Å². The lowest BCUT2D eigenvalue weighted by molar-refractivity contribution is 0.372. The first-order valence-electron chi connectivity index (χ1n) is 10.5. The van der Waals surface area contributed by atoms with E-state index in [1.54, 1.807) is 16.8 Å². The van der Waals surface area contributed by atoms with Gasteiger partial charge in [0.05, 0.1) is 28.1 Å². The van der Waals surface area contributed by atoms with Gasteiger partial charge in [-0.2, -0.15) is 5.10 Å². The minimum Gasteiger partial charge on any atom is -0.507 e. The van der Waals surface area contributed by atoms with Crippen molar-refractivity contribution in [2.75, 3.05) is 18.0 Å². The standard InChI is InChI=1S/C23H23ClN6O/c1-13-10-30(12-23(27-13)3-4-23)15-6-16-18(24)7-20(26-22(16)25-9-15)17-5-14-11-29(2)28-19(14)8-21(17)31/h5-9,11,13,27,31H,3-4,10,12H2,1-2H3/t13-/m0/s1. The molecule has 1 atom stereocenters. The summed E-state index contributed by atoms with van der Waals surface area (Å²) < 4.78 is 1.72. The van der Waals surface area contributed by atoms with E-state index in [9.17, 15) is 5.11 Å². The molecule has 1 saturated heterocycles. The van der Waals surface area contributed by atoms with Crippen LogP contribution in [0.15, 0.2) is 36.7 Å². The van der Waals surface area contributed by atoms with Gasteiger partial charge < -0.3 is 15.3 Å². The molecule has 4 heterocycles. The number of aromatic hydroxyl groups is 1. The highest BCUT2D eigenvalue weighted by Crippen LogP contribution is 2.41. The Morgan fingerprint density at radius 1 is 1.23 bits per heavy atom. The normalized spacial score (nSPS) is 20.1. The number of hydrogen-bond donors (Lipinski definition) is 2. The summed E-state index contributed by atoms with van der Waals surface area (Å²) in [6.07, 6.45) is 6.25. The highest BCUT2D eigenvalue weighted by molar-refractivity contribution is 6.35. The number of halogens is 1. The van der Waals surface area contributed by atoms with Gasteiger partial charge in [0.1, 0.15) is 5.75 Å². The third kappa shape index (κ3) is 3.20. The van der Waals surface area contributed by atoms with Gasteiger partial charge >= 0.3 is 0 Å². The summed E-state index contributed by atoms with van der Waals surface area (Å²) in [7, 11) is 1.85. The molecule has 2 aliphatic rings. The number of aryl methyl sites for hydroxylation is 1. The third-order valence-electron chi connectivity index (χ3n) is 6.37. The number of nitrogens with one attached hydrogen (secondary N) is 1. The molecule has 31 heavy (non-hydrogen) atoms. The zero-order valence-electron chi connectivity index (χ0n) is 17.4. The Bertz CT molecular complexity index is 1350. The van der Waals surface area contributed by atoms with Gasteiger partial charge in [0.15, 0.2) is 5.65 Å². The Morgan fingerprint density at radius 3 is 2.87 bits per heavy atom. The molecule has 3 aromatic heterocycles. The summed E-state index contributed by atoms with van der Waals surface area (Å²) in [5, 5.41) is 21.0. The van der Waals surface area contributed by atoms with Crippen molar-refractivity contribution in [2.24, 2.45) is 7.05 Å². The summed E-state index contributed by atoms with van der Waals surface area (Å²) in [5.74, 6) is 0.121. The van der Waals surface area contributed by atoms with Gasteiger partial charge in [0.2, 0.25) is 0 Å². The molecule has 1 saturated carbocycles. The van der Waals surface area contributed by atoms with Crippen molar-refractivity contribution in [3.8, 4) is 17.0 Å². The zero-order valence-corrected chi connectivity index (χ0v) is 18.2. The molecule has 8 heteroatoms. The Hall–Kier alpha value is -2.90.